The molecule has 21 heavy (non-hydrogen) atoms. The summed E-state index contributed by atoms with van der Waals surface area (Å²) in [7, 11) is 0. The molecular weight excluding hydrogens is 280 g/mol. The van der Waals surface area contributed by atoms with Gasteiger partial charge in [-0.1, -0.05) is 37.3 Å². The number of nitrogens with one attached hydrogen (secondary N) is 1. The maximum absolute atomic E-state index is 5.83. The van der Waals surface area contributed by atoms with Crippen LogP contribution in [0, 0.1) is 6.92 Å². The van der Waals surface area contributed by atoms with E-state index in [1.807, 2.05) is 6.07 Å². The van der Waals surface area contributed by atoms with E-state index >= 15 is 0 Å². The molecule has 2 heterocycles. The van der Waals surface area contributed by atoms with E-state index < -0.39 is 0 Å². The summed E-state index contributed by atoms with van der Waals surface area (Å²) in [6.45, 7) is 4.23. The Morgan fingerprint density at radius 3 is 2.71 bits per heavy atom. The zero-order valence-electron chi connectivity index (χ0n) is 12.1. The number of benzene rings is 1. The van der Waals surface area contributed by atoms with Crippen molar-refractivity contribution in [3.8, 4) is 0 Å². The topological polar surface area (TPSA) is 63.8 Å². The fourth-order valence-corrected chi connectivity index (χ4v) is 3.33. The molecule has 3 N–H and O–H groups in total. The van der Waals surface area contributed by atoms with Gasteiger partial charge in [0.05, 0.1) is 11.4 Å². The maximum atomic E-state index is 5.83. The van der Waals surface area contributed by atoms with Gasteiger partial charge >= 0.3 is 0 Å². The molecular formula is C16H18N4S. The molecule has 0 fully saturated rings. The van der Waals surface area contributed by atoms with Gasteiger partial charge in [-0.25, -0.2) is 4.98 Å². The summed E-state index contributed by atoms with van der Waals surface area (Å²) >= 11 is 1.64. The average Bonchev–Trinajstić information content (AvgIpc) is 2.85. The Morgan fingerprint density at radius 1 is 1.24 bits per heavy atom. The van der Waals surface area contributed by atoms with Gasteiger partial charge in [-0.3, -0.25) is 0 Å². The number of hydrogen-bond donors (Lipinski definition) is 2. The van der Waals surface area contributed by atoms with Gasteiger partial charge in [-0.05, 0) is 25.0 Å². The average molecular weight is 298 g/mol. The maximum Gasteiger partial charge on any atom is 0.223 e. The van der Waals surface area contributed by atoms with Crippen LogP contribution in [0.4, 0.5) is 11.8 Å². The summed E-state index contributed by atoms with van der Waals surface area (Å²) in [6, 6.07) is 12.7. The minimum Gasteiger partial charge on any atom is -0.368 e. The van der Waals surface area contributed by atoms with E-state index in [1.54, 1.807) is 11.3 Å². The summed E-state index contributed by atoms with van der Waals surface area (Å²) in [5, 5.41) is 4.56. The predicted molar refractivity (Wildman–Crippen MR) is 89.7 cm³/mol. The lowest BCUT2D eigenvalue weighted by atomic mass is 10.0. The molecule has 3 rings (SSSR count). The van der Waals surface area contributed by atoms with Gasteiger partial charge in [-0.2, -0.15) is 4.98 Å². The first-order chi connectivity index (χ1) is 10.2. The Morgan fingerprint density at radius 2 is 2.00 bits per heavy atom. The van der Waals surface area contributed by atoms with Crippen LogP contribution in [0.15, 0.2) is 36.4 Å². The second kappa shape index (κ2) is 5.69. The van der Waals surface area contributed by atoms with E-state index in [2.05, 4.69) is 59.5 Å². The normalized spacial score (nSPS) is 12.5. The van der Waals surface area contributed by atoms with E-state index in [1.165, 1.54) is 10.4 Å². The van der Waals surface area contributed by atoms with Crippen LogP contribution in [0.5, 0.6) is 0 Å². The first-order valence-electron chi connectivity index (χ1n) is 7.02. The largest absolute Gasteiger partial charge is 0.368 e. The molecule has 1 aromatic carbocycles. The molecule has 3 aromatic rings. The number of rotatable bonds is 4. The van der Waals surface area contributed by atoms with Crippen molar-refractivity contribution in [3.63, 3.8) is 0 Å². The Bertz CT molecular complexity index is 752. The summed E-state index contributed by atoms with van der Waals surface area (Å²) < 4.78 is 0. The predicted octanol–water partition coefficient (Wildman–Crippen LogP) is 4.15. The van der Waals surface area contributed by atoms with Crippen molar-refractivity contribution in [1.82, 2.24) is 9.97 Å². The van der Waals surface area contributed by atoms with Crippen LogP contribution < -0.4 is 11.1 Å². The SMILES string of the molecule is CCC(Nc1nc(N)nc2sc(C)cc12)c1ccccc1. The van der Waals surface area contributed by atoms with Crippen LogP contribution in [0.3, 0.4) is 0 Å². The monoisotopic (exact) mass is 298 g/mol. The van der Waals surface area contributed by atoms with Crippen molar-refractivity contribution >= 4 is 33.3 Å². The highest BCUT2D eigenvalue weighted by Crippen LogP contribution is 2.31. The summed E-state index contributed by atoms with van der Waals surface area (Å²) in [6.07, 6.45) is 0.971. The zero-order chi connectivity index (χ0) is 14.8. The van der Waals surface area contributed by atoms with E-state index in [4.69, 9.17) is 5.73 Å². The number of aryl methyl sites for hydroxylation is 1. The van der Waals surface area contributed by atoms with Crippen LogP contribution in [-0.4, -0.2) is 9.97 Å². The van der Waals surface area contributed by atoms with Crippen LogP contribution in [0.1, 0.15) is 29.8 Å². The van der Waals surface area contributed by atoms with Gasteiger partial charge in [0.25, 0.3) is 0 Å². The van der Waals surface area contributed by atoms with Gasteiger partial charge < -0.3 is 11.1 Å². The summed E-state index contributed by atoms with van der Waals surface area (Å²) in [5.41, 5.74) is 7.08. The van der Waals surface area contributed by atoms with Crippen molar-refractivity contribution in [2.24, 2.45) is 0 Å². The third-order valence-corrected chi connectivity index (χ3v) is 4.40. The minimum atomic E-state index is 0.212. The number of nitrogens with zero attached hydrogens (tertiary/aromatic N) is 2. The van der Waals surface area contributed by atoms with Gasteiger partial charge in [0.15, 0.2) is 0 Å². The molecule has 0 spiro atoms. The van der Waals surface area contributed by atoms with Crippen molar-refractivity contribution in [2.45, 2.75) is 26.3 Å². The molecule has 0 radical (unpaired) electrons. The van der Waals surface area contributed by atoms with Gasteiger partial charge in [0.2, 0.25) is 5.95 Å². The number of hydrogen-bond acceptors (Lipinski definition) is 5. The molecule has 0 aliphatic heterocycles. The van der Waals surface area contributed by atoms with E-state index in [-0.39, 0.29) is 6.04 Å². The molecule has 2 aromatic heterocycles. The van der Waals surface area contributed by atoms with Crippen LogP contribution in [0.2, 0.25) is 0 Å². The van der Waals surface area contributed by atoms with Crippen molar-refractivity contribution in [1.29, 1.82) is 0 Å². The van der Waals surface area contributed by atoms with Crippen LogP contribution in [-0.2, 0) is 0 Å². The van der Waals surface area contributed by atoms with Crippen LogP contribution in [0.25, 0.3) is 10.2 Å². The Balaban J connectivity index is 2.00. The van der Waals surface area contributed by atoms with Crippen molar-refractivity contribution in [3.05, 3.63) is 46.8 Å². The molecule has 0 aliphatic rings. The molecule has 0 saturated carbocycles. The molecule has 4 nitrogen and oxygen atoms in total. The number of nitrogens with two attached hydrogens (primary N) is 1. The lowest BCUT2D eigenvalue weighted by Crippen LogP contribution is -2.12. The first-order valence-corrected chi connectivity index (χ1v) is 7.84. The molecule has 0 amide bonds. The molecule has 5 heteroatoms. The molecule has 1 unspecified atom stereocenters. The number of anilines is 2. The Hall–Kier alpha value is -2.14. The smallest absolute Gasteiger partial charge is 0.223 e. The zero-order valence-corrected chi connectivity index (χ0v) is 12.9. The van der Waals surface area contributed by atoms with E-state index in [0.717, 1.165) is 22.5 Å². The highest BCUT2D eigenvalue weighted by atomic mass is 32.1. The second-order valence-electron chi connectivity index (χ2n) is 5.02. The van der Waals surface area contributed by atoms with Crippen LogP contribution >= 0.6 is 11.3 Å². The van der Waals surface area contributed by atoms with Gasteiger partial charge in [0.1, 0.15) is 10.6 Å². The molecule has 1 atom stereocenters. The van der Waals surface area contributed by atoms with Crippen molar-refractivity contribution < 1.29 is 0 Å². The third kappa shape index (κ3) is 2.83. The number of nitrogen functional groups attached to an aromatic ring is 1. The highest BCUT2D eigenvalue weighted by molar-refractivity contribution is 7.18. The molecule has 0 bridgehead atoms. The molecule has 0 saturated heterocycles. The Labute approximate surface area is 128 Å². The minimum absolute atomic E-state index is 0.212. The number of thiophene rings is 1. The van der Waals surface area contributed by atoms with Crippen molar-refractivity contribution in [2.75, 3.05) is 11.1 Å². The second-order valence-corrected chi connectivity index (χ2v) is 6.26. The number of aromatic nitrogens is 2. The summed E-state index contributed by atoms with van der Waals surface area (Å²) in [4.78, 5) is 10.8. The van der Waals surface area contributed by atoms with E-state index in [9.17, 15) is 0 Å². The number of fused-ring (bicyclic) bond motifs is 1. The first kappa shape index (κ1) is 13.8. The quantitative estimate of drug-likeness (QED) is 0.759. The molecule has 0 aliphatic carbocycles. The summed E-state index contributed by atoms with van der Waals surface area (Å²) in [5.74, 6) is 1.13. The lowest BCUT2D eigenvalue weighted by molar-refractivity contribution is 0.746. The van der Waals surface area contributed by atoms with E-state index in [0.29, 0.717) is 5.95 Å². The third-order valence-electron chi connectivity index (χ3n) is 3.45. The van der Waals surface area contributed by atoms with Gasteiger partial charge in [0, 0.05) is 4.88 Å². The molecule has 108 valence electrons. The standard InChI is InChI=1S/C16H18N4S/c1-3-13(11-7-5-4-6-8-11)18-14-12-9-10(2)21-15(12)20-16(17)19-14/h4-9,13H,3H2,1-2H3,(H3,17,18,19,20). The Kier molecular flexibility index (Phi) is 3.75. The van der Waals surface area contributed by atoms with Gasteiger partial charge in [-0.15, -0.1) is 11.3 Å². The highest BCUT2D eigenvalue weighted by Gasteiger charge is 2.14. The fraction of sp³-hybridized carbons (Fsp3) is 0.250. The lowest BCUT2D eigenvalue weighted by Gasteiger charge is -2.18. The fourth-order valence-electron chi connectivity index (χ4n) is 2.44.